The Kier molecular flexibility index (Phi) is 4.44. The second-order valence-electron chi connectivity index (χ2n) is 6.70. The number of hydrogen-bond donors (Lipinski definition) is 0. The van der Waals surface area contributed by atoms with Crippen molar-refractivity contribution in [3.8, 4) is 0 Å². The molecule has 0 radical (unpaired) electrons. The molecule has 2 aromatic carbocycles. The number of rotatable bonds is 5. The Hall–Kier alpha value is -2.37. The van der Waals surface area contributed by atoms with Gasteiger partial charge in [0, 0.05) is 5.92 Å². The number of esters is 1. The van der Waals surface area contributed by atoms with Crippen molar-refractivity contribution in [2.75, 3.05) is 6.61 Å². The quantitative estimate of drug-likeness (QED) is 0.432. The van der Waals surface area contributed by atoms with Gasteiger partial charge in [-0.25, -0.2) is 4.79 Å². The Morgan fingerprint density at radius 1 is 1.07 bits per heavy atom. The summed E-state index contributed by atoms with van der Waals surface area (Å²) in [5.41, 5.74) is 1.80. The number of fused-ring (bicyclic) bond motifs is 1. The van der Waals surface area contributed by atoms with E-state index in [2.05, 4.69) is 0 Å². The molecule has 0 saturated heterocycles. The summed E-state index contributed by atoms with van der Waals surface area (Å²) in [5, 5.41) is 0. The molecule has 7 heteroatoms. The van der Waals surface area contributed by atoms with Gasteiger partial charge in [-0.3, -0.25) is 14.5 Å². The summed E-state index contributed by atoms with van der Waals surface area (Å²) in [5.74, 6) is -1.21. The summed E-state index contributed by atoms with van der Waals surface area (Å²) in [6, 6.07) is 13.4. The van der Waals surface area contributed by atoms with Crippen molar-refractivity contribution in [2.24, 2.45) is 5.92 Å². The Labute approximate surface area is 165 Å². The van der Waals surface area contributed by atoms with E-state index in [9.17, 15) is 14.4 Å². The smallest absolute Gasteiger partial charge is 0.338 e. The van der Waals surface area contributed by atoms with E-state index >= 15 is 0 Å². The first-order valence-corrected chi connectivity index (χ1v) is 9.21. The molecule has 4 rings (SSSR count). The second-order valence-corrected chi connectivity index (χ2v) is 8.25. The molecular weight excluding hydrogens is 389 g/mol. The second kappa shape index (κ2) is 6.66. The standard InChI is InChI=1S/C20H15Cl2NO4/c21-20(22)9-14(20)11-27-19(26)13-5-3-4-12(8-13)10-23-17(24)15-6-1-2-7-16(15)18(23)25/h1-8,14H,9-11H2/t14-/m1/s1. The fourth-order valence-electron chi connectivity index (χ4n) is 3.07. The third kappa shape index (κ3) is 3.45. The summed E-state index contributed by atoms with van der Waals surface area (Å²) < 4.78 is 4.45. The molecule has 1 heterocycles. The summed E-state index contributed by atoms with van der Waals surface area (Å²) in [6.45, 7) is 0.247. The van der Waals surface area contributed by atoms with Gasteiger partial charge in [-0.15, -0.1) is 23.2 Å². The van der Waals surface area contributed by atoms with Crippen LogP contribution in [0.4, 0.5) is 0 Å². The monoisotopic (exact) mass is 403 g/mol. The van der Waals surface area contributed by atoms with Crippen molar-refractivity contribution in [3.05, 3.63) is 70.8 Å². The van der Waals surface area contributed by atoms with Crippen LogP contribution in [-0.4, -0.2) is 33.6 Å². The normalized spacial score (nSPS) is 19.8. The minimum Gasteiger partial charge on any atom is -0.462 e. The zero-order valence-corrected chi connectivity index (χ0v) is 15.7. The van der Waals surface area contributed by atoms with Gasteiger partial charge in [0.1, 0.15) is 4.33 Å². The zero-order chi connectivity index (χ0) is 19.2. The maximum Gasteiger partial charge on any atom is 0.338 e. The molecule has 1 atom stereocenters. The van der Waals surface area contributed by atoms with Crippen LogP contribution in [0.2, 0.25) is 0 Å². The van der Waals surface area contributed by atoms with Gasteiger partial charge in [-0.1, -0.05) is 24.3 Å². The zero-order valence-electron chi connectivity index (χ0n) is 14.2. The molecule has 0 spiro atoms. The van der Waals surface area contributed by atoms with E-state index in [0.717, 1.165) is 0 Å². The Morgan fingerprint density at radius 3 is 2.30 bits per heavy atom. The lowest BCUT2D eigenvalue weighted by atomic mass is 10.1. The number of amides is 2. The Balaban J connectivity index is 1.45. The number of carbonyl (C=O) groups is 3. The van der Waals surface area contributed by atoms with Crippen LogP contribution < -0.4 is 0 Å². The molecule has 2 amide bonds. The van der Waals surface area contributed by atoms with Crippen LogP contribution >= 0.6 is 23.2 Å². The third-order valence-electron chi connectivity index (χ3n) is 4.75. The van der Waals surface area contributed by atoms with Gasteiger partial charge < -0.3 is 4.74 Å². The number of ether oxygens (including phenoxy) is 1. The minimum atomic E-state index is -0.798. The van der Waals surface area contributed by atoms with Crippen LogP contribution in [0.3, 0.4) is 0 Å². The molecule has 0 N–H and O–H groups in total. The van der Waals surface area contributed by atoms with E-state index in [0.29, 0.717) is 28.7 Å². The van der Waals surface area contributed by atoms with E-state index < -0.39 is 10.3 Å². The highest BCUT2D eigenvalue weighted by molar-refractivity contribution is 6.50. The number of imide groups is 1. The van der Waals surface area contributed by atoms with Crippen molar-refractivity contribution in [1.29, 1.82) is 0 Å². The summed E-state index contributed by atoms with van der Waals surface area (Å²) in [4.78, 5) is 38.3. The van der Waals surface area contributed by atoms with Crippen molar-refractivity contribution < 1.29 is 19.1 Å². The van der Waals surface area contributed by atoms with E-state index in [1.165, 1.54) is 4.90 Å². The van der Waals surface area contributed by atoms with E-state index in [1.54, 1.807) is 48.5 Å². The van der Waals surface area contributed by atoms with Crippen LogP contribution in [0.25, 0.3) is 0 Å². The summed E-state index contributed by atoms with van der Waals surface area (Å²) in [6.07, 6.45) is 0.600. The van der Waals surface area contributed by atoms with Gasteiger partial charge in [0.05, 0.1) is 29.8 Å². The first kappa shape index (κ1) is 18.0. The Morgan fingerprint density at radius 2 is 1.70 bits per heavy atom. The molecule has 1 fully saturated rings. The van der Waals surface area contributed by atoms with E-state index in [-0.39, 0.29) is 30.9 Å². The van der Waals surface area contributed by atoms with Crippen LogP contribution in [-0.2, 0) is 11.3 Å². The van der Waals surface area contributed by atoms with Gasteiger partial charge in [0.15, 0.2) is 0 Å². The van der Waals surface area contributed by atoms with Gasteiger partial charge in [-0.05, 0) is 36.2 Å². The lowest BCUT2D eigenvalue weighted by Crippen LogP contribution is -2.29. The predicted molar refractivity (Wildman–Crippen MR) is 99.9 cm³/mol. The lowest BCUT2D eigenvalue weighted by molar-refractivity contribution is 0.0485. The van der Waals surface area contributed by atoms with Gasteiger partial charge in [0.2, 0.25) is 0 Å². The molecule has 138 valence electrons. The number of nitrogens with zero attached hydrogens (tertiary/aromatic N) is 1. The molecule has 0 unspecified atom stereocenters. The van der Waals surface area contributed by atoms with Crippen molar-refractivity contribution in [3.63, 3.8) is 0 Å². The molecule has 2 aliphatic rings. The molecule has 1 aliphatic heterocycles. The Bertz CT molecular complexity index is 922. The van der Waals surface area contributed by atoms with Crippen LogP contribution in [0.15, 0.2) is 48.5 Å². The van der Waals surface area contributed by atoms with Crippen molar-refractivity contribution in [1.82, 2.24) is 4.90 Å². The fourth-order valence-corrected chi connectivity index (χ4v) is 3.57. The number of hydrogen-bond acceptors (Lipinski definition) is 4. The topological polar surface area (TPSA) is 63.7 Å². The van der Waals surface area contributed by atoms with Gasteiger partial charge >= 0.3 is 5.97 Å². The van der Waals surface area contributed by atoms with Crippen LogP contribution in [0.5, 0.6) is 0 Å². The van der Waals surface area contributed by atoms with Crippen LogP contribution in [0.1, 0.15) is 43.1 Å². The first-order valence-electron chi connectivity index (χ1n) is 8.46. The number of carbonyl (C=O) groups excluding carboxylic acids is 3. The predicted octanol–water partition coefficient (Wildman–Crippen LogP) is 3.83. The van der Waals surface area contributed by atoms with Crippen molar-refractivity contribution in [2.45, 2.75) is 17.3 Å². The highest BCUT2D eigenvalue weighted by atomic mass is 35.5. The molecule has 2 aromatic rings. The fraction of sp³-hybridized carbons (Fsp3) is 0.250. The minimum absolute atomic E-state index is 0.0497. The largest absolute Gasteiger partial charge is 0.462 e. The molecular formula is C20H15Cl2NO4. The average molecular weight is 404 g/mol. The molecule has 0 bridgehead atoms. The summed E-state index contributed by atoms with van der Waals surface area (Å²) >= 11 is 11.9. The molecule has 0 aromatic heterocycles. The van der Waals surface area contributed by atoms with Gasteiger partial charge in [-0.2, -0.15) is 0 Å². The molecule has 1 aliphatic carbocycles. The molecule has 1 saturated carbocycles. The number of alkyl halides is 2. The third-order valence-corrected chi connectivity index (χ3v) is 5.68. The first-order chi connectivity index (χ1) is 12.9. The maximum atomic E-state index is 12.5. The van der Waals surface area contributed by atoms with E-state index in [4.69, 9.17) is 27.9 Å². The van der Waals surface area contributed by atoms with E-state index in [1.807, 2.05) is 0 Å². The SMILES string of the molecule is O=C(OC[C@H]1CC1(Cl)Cl)c1cccc(CN2C(=O)c3ccccc3C2=O)c1. The highest BCUT2D eigenvalue weighted by Crippen LogP contribution is 2.53. The molecule has 27 heavy (non-hydrogen) atoms. The maximum absolute atomic E-state index is 12.5. The average Bonchev–Trinajstić information content (AvgIpc) is 3.22. The van der Waals surface area contributed by atoms with Crippen LogP contribution in [0, 0.1) is 5.92 Å². The summed E-state index contributed by atoms with van der Waals surface area (Å²) in [7, 11) is 0. The highest BCUT2D eigenvalue weighted by Gasteiger charge is 2.52. The number of benzene rings is 2. The lowest BCUT2D eigenvalue weighted by Gasteiger charge is -2.14. The van der Waals surface area contributed by atoms with Crippen molar-refractivity contribution >= 4 is 41.0 Å². The number of halogens is 2. The van der Waals surface area contributed by atoms with Gasteiger partial charge in [0.25, 0.3) is 11.8 Å². The molecule has 5 nitrogen and oxygen atoms in total.